The molecule has 5 heteroatoms. The molecule has 19 heavy (non-hydrogen) atoms. The van der Waals surface area contributed by atoms with E-state index in [4.69, 9.17) is 4.74 Å². The van der Waals surface area contributed by atoms with Gasteiger partial charge in [0.05, 0.1) is 7.11 Å². The quantitative estimate of drug-likeness (QED) is 0.872. The van der Waals surface area contributed by atoms with Crippen LogP contribution in [0.25, 0.3) is 0 Å². The first-order chi connectivity index (χ1) is 9.24. The van der Waals surface area contributed by atoms with Crippen molar-refractivity contribution >= 4 is 11.7 Å². The average Bonchev–Trinajstić information content (AvgIpc) is 2.48. The summed E-state index contributed by atoms with van der Waals surface area (Å²) in [6.45, 7) is 5.29. The molecule has 0 aromatic heterocycles. The summed E-state index contributed by atoms with van der Waals surface area (Å²) in [4.78, 5) is 13.9. The molecule has 1 aromatic carbocycles. The Kier molecular flexibility index (Phi) is 4.63. The smallest absolute Gasteiger partial charge is 0.321 e. The summed E-state index contributed by atoms with van der Waals surface area (Å²) in [7, 11) is 1.66. The SMILES string of the molecule is CCc1cc(NC(=O)N2CCNCC2)ccc1OC. The summed E-state index contributed by atoms with van der Waals surface area (Å²) in [6, 6.07) is 5.71. The lowest BCUT2D eigenvalue weighted by Crippen LogP contribution is -2.48. The van der Waals surface area contributed by atoms with E-state index >= 15 is 0 Å². The van der Waals surface area contributed by atoms with Crippen LogP contribution in [-0.2, 0) is 6.42 Å². The minimum absolute atomic E-state index is 0.0336. The maximum atomic E-state index is 12.1. The van der Waals surface area contributed by atoms with Crippen LogP contribution in [0, 0.1) is 0 Å². The van der Waals surface area contributed by atoms with E-state index in [1.54, 1.807) is 7.11 Å². The molecule has 2 rings (SSSR count). The molecule has 1 aromatic rings. The standard InChI is InChI=1S/C14H21N3O2/c1-3-11-10-12(4-5-13(11)19-2)16-14(18)17-8-6-15-7-9-17/h4-5,10,15H,3,6-9H2,1-2H3,(H,16,18). The number of aryl methyl sites for hydroxylation is 1. The Morgan fingerprint density at radius 3 is 2.79 bits per heavy atom. The number of carbonyl (C=O) groups excluding carboxylic acids is 1. The van der Waals surface area contributed by atoms with E-state index in [1.165, 1.54) is 0 Å². The molecule has 0 saturated carbocycles. The highest BCUT2D eigenvalue weighted by molar-refractivity contribution is 5.89. The van der Waals surface area contributed by atoms with E-state index in [0.29, 0.717) is 0 Å². The van der Waals surface area contributed by atoms with Gasteiger partial charge in [-0.15, -0.1) is 0 Å². The summed E-state index contributed by atoms with van der Waals surface area (Å²) in [5.74, 6) is 0.864. The number of ether oxygens (including phenoxy) is 1. The van der Waals surface area contributed by atoms with Gasteiger partial charge in [0.2, 0.25) is 0 Å². The highest BCUT2D eigenvalue weighted by Crippen LogP contribution is 2.23. The zero-order valence-electron chi connectivity index (χ0n) is 11.5. The molecule has 0 atom stereocenters. The van der Waals surface area contributed by atoms with Crippen molar-refractivity contribution in [1.29, 1.82) is 0 Å². The van der Waals surface area contributed by atoms with Gasteiger partial charge in [0.25, 0.3) is 0 Å². The topological polar surface area (TPSA) is 53.6 Å². The second kappa shape index (κ2) is 6.43. The number of urea groups is 1. The Balaban J connectivity index is 2.03. The second-order valence-electron chi connectivity index (χ2n) is 4.55. The van der Waals surface area contributed by atoms with E-state index in [1.807, 2.05) is 23.1 Å². The molecule has 1 heterocycles. The molecule has 2 N–H and O–H groups in total. The lowest BCUT2D eigenvalue weighted by Gasteiger charge is -2.27. The minimum Gasteiger partial charge on any atom is -0.496 e. The third-order valence-electron chi connectivity index (χ3n) is 3.32. The van der Waals surface area contributed by atoms with Gasteiger partial charge in [-0.05, 0) is 30.2 Å². The zero-order chi connectivity index (χ0) is 13.7. The van der Waals surface area contributed by atoms with Gasteiger partial charge in [-0.3, -0.25) is 0 Å². The highest BCUT2D eigenvalue weighted by atomic mass is 16.5. The van der Waals surface area contributed by atoms with Crippen molar-refractivity contribution in [1.82, 2.24) is 10.2 Å². The number of nitrogens with one attached hydrogen (secondary N) is 2. The van der Waals surface area contributed by atoms with Crippen molar-refractivity contribution < 1.29 is 9.53 Å². The number of piperazine rings is 1. The van der Waals surface area contributed by atoms with Gasteiger partial charge >= 0.3 is 6.03 Å². The van der Waals surface area contributed by atoms with Crippen LogP contribution in [0.3, 0.4) is 0 Å². The summed E-state index contributed by atoms with van der Waals surface area (Å²) in [6.07, 6.45) is 0.876. The maximum Gasteiger partial charge on any atom is 0.321 e. The summed E-state index contributed by atoms with van der Waals surface area (Å²) in [5, 5.41) is 6.17. The van der Waals surface area contributed by atoms with Gasteiger partial charge in [0.15, 0.2) is 0 Å². The number of anilines is 1. The van der Waals surface area contributed by atoms with Crippen LogP contribution in [-0.4, -0.2) is 44.2 Å². The predicted molar refractivity (Wildman–Crippen MR) is 75.8 cm³/mol. The number of amides is 2. The fourth-order valence-corrected chi connectivity index (χ4v) is 2.20. The Bertz CT molecular complexity index is 442. The van der Waals surface area contributed by atoms with Gasteiger partial charge in [0.1, 0.15) is 5.75 Å². The van der Waals surface area contributed by atoms with Gasteiger partial charge in [-0.25, -0.2) is 4.79 Å². The third-order valence-corrected chi connectivity index (χ3v) is 3.32. The second-order valence-corrected chi connectivity index (χ2v) is 4.55. The molecule has 5 nitrogen and oxygen atoms in total. The fourth-order valence-electron chi connectivity index (χ4n) is 2.20. The third kappa shape index (κ3) is 3.38. The molecule has 1 aliphatic rings. The van der Waals surface area contributed by atoms with Crippen molar-refractivity contribution in [2.45, 2.75) is 13.3 Å². The number of hydrogen-bond acceptors (Lipinski definition) is 3. The van der Waals surface area contributed by atoms with E-state index in [-0.39, 0.29) is 6.03 Å². The largest absolute Gasteiger partial charge is 0.496 e. The molecular formula is C14H21N3O2. The number of carbonyl (C=O) groups is 1. The van der Waals surface area contributed by atoms with Crippen LogP contribution in [0.2, 0.25) is 0 Å². The van der Waals surface area contributed by atoms with Crippen molar-refractivity contribution in [3.05, 3.63) is 23.8 Å². The lowest BCUT2D eigenvalue weighted by atomic mass is 10.1. The monoisotopic (exact) mass is 263 g/mol. The van der Waals surface area contributed by atoms with Crippen LogP contribution in [0.4, 0.5) is 10.5 Å². The number of methoxy groups -OCH3 is 1. The molecule has 0 radical (unpaired) electrons. The van der Waals surface area contributed by atoms with Crippen LogP contribution >= 0.6 is 0 Å². The molecule has 0 bridgehead atoms. The lowest BCUT2D eigenvalue weighted by molar-refractivity contribution is 0.204. The molecule has 1 saturated heterocycles. The predicted octanol–water partition coefficient (Wildman–Crippen LogP) is 1.69. The fraction of sp³-hybridized carbons (Fsp3) is 0.500. The van der Waals surface area contributed by atoms with Gasteiger partial charge in [0, 0.05) is 31.9 Å². The number of rotatable bonds is 3. The number of benzene rings is 1. The molecular weight excluding hydrogens is 242 g/mol. The van der Waals surface area contributed by atoms with Gasteiger partial charge in [-0.2, -0.15) is 0 Å². The van der Waals surface area contributed by atoms with Crippen LogP contribution in [0.1, 0.15) is 12.5 Å². The van der Waals surface area contributed by atoms with Crippen molar-refractivity contribution in [3.63, 3.8) is 0 Å². The maximum absolute atomic E-state index is 12.1. The van der Waals surface area contributed by atoms with Crippen molar-refractivity contribution in [3.8, 4) is 5.75 Å². The zero-order valence-corrected chi connectivity index (χ0v) is 11.5. The van der Waals surface area contributed by atoms with Gasteiger partial charge in [-0.1, -0.05) is 6.92 Å². The Hall–Kier alpha value is -1.75. The first kappa shape index (κ1) is 13.7. The summed E-state index contributed by atoms with van der Waals surface area (Å²) >= 11 is 0. The molecule has 0 aliphatic carbocycles. The van der Waals surface area contributed by atoms with Crippen LogP contribution in [0.15, 0.2) is 18.2 Å². The number of nitrogens with zero attached hydrogens (tertiary/aromatic N) is 1. The minimum atomic E-state index is -0.0336. The van der Waals surface area contributed by atoms with Crippen LogP contribution in [0.5, 0.6) is 5.75 Å². The molecule has 0 unspecified atom stereocenters. The first-order valence-electron chi connectivity index (χ1n) is 6.68. The Morgan fingerprint density at radius 2 is 2.16 bits per heavy atom. The van der Waals surface area contributed by atoms with Crippen molar-refractivity contribution in [2.24, 2.45) is 0 Å². The van der Waals surface area contributed by atoms with Crippen molar-refractivity contribution in [2.75, 3.05) is 38.6 Å². The molecule has 2 amide bonds. The first-order valence-corrected chi connectivity index (χ1v) is 6.68. The van der Waals surface area contributed by atoms with E-state index in [2.05, 4.69) is 17.6 Å². The van der Waals surface area contributed by atoms with E-state index in [9.17, 15) is 4.79 Å². The summed E-state index contributed by atoms with van der Waals surface area (Å²) in [5.41, 5.74) is 1.92. The summed E-state index contributed by atoms with van der Waals surface area (Å²) < 4.78 is 5.28. The Labute approximate surface area is 113 Å². The molecule has 0 spiro atoms. The van der Waals surface area contributed by atoms with E-state index in [0.717, 1.165) is 49.6 Å². The normalized spacial score (nSPS) is 15.2. The van der Waals surface area contributed by atoms with Gasteiger partial charge < -0.3 is 20.3 Å². The number of hydrogen-bond donors (Lipinski definition) is 2. The van der Waals surface area contributed by atoms with Crippen LogP contribution < -0.4 is 15.4 Å². The molecule has 1 fully saturated rings. The van der Waals surface area contributed by atoms with E-state index < -0.39 is 0 Å². The molecule has 1 aliphatic heterocycles. The highest BCUT2D eigenvalue weighted by Gasteiger charge is 2.16. The average molecular weight is 263 g/mol. The Morgan fingerprint density at radius 1 is 1.42 bits per heavy atom. The molecule has 104 valence electrons.